The zero-order valence-corrected chi connectivity index (χ0v) is 22.2. The van der Waals surface area contributed by atoms with Crippen LogP contribution in [0.25, 0.3) is 10.9 Å². The lowest BCUT2D eigenvalue weighted by atomic mass is 9.98. The van der Waals surface area contributed by atoms with Crippen molar-refractivity contribution in [2.24, 2.45) is 5.92 Å². The van der Waals surface area contributed by atoms with E-state index in [2.05, 4.69) is 91.2 Å². The Morgan fingerprint density at radius 1 is 1.06 bits per heavy atom. The highest BCUT2D eigenvalue weighted by atomic mass is 16.5. The molecule has 36 heavy (non-hydrogen) atoms. The molecule has 1 atom stereocenters. The smallest absolute Gasteiger partial charge is 0.252 e. The predicted octanol–water partition coefficient (Wildman–Crippen LogP) is 4.99. The van der Waals surface area contributed by atoms with Gasteiger partial charge in [0.25, 0.3) is 5.56 Å². The SMILES string of the molecule is COc1ccc2cc(CN(Cc3ccc(C)cc3)C(c3nnnn3C(C)(C)C)C(C)C)c(=O)[nH]c2c1. The van der Waals surface area contributed by atoms with Crippen molar-refractivity contribution in [1.29, 1.82) is 0 Å². The summed E-state index contributed by atoms with van der Waals surface area (Å²) in [6, 6.07) is 16.1. The van der Waals surface area contributed by atoms with Gasteiger partial charge in [-0.15, -0.1) is 5.10 Å². The van der Waals surface area contributed by atoms with Gasteiger partial charge in [0.2, 0.25) is 0 Å². The summed E-state index contributed by atoms with van der Waals surface area (Å²) >= 11 is 0. The molecule has 8 nitrogen and oxygen atoms in total. The molecule has 0 aliphatic heterocycles. The molecule has 0 saturated carbocycles. The summed E-state index contributed by atoms with van der Waals surface area (Å²) in [5.41, 5.74) is 3.45. The van der Waals surface area contributed by atoms with Crippen molar-refractivity contribution in [3.63, 3.8) is 0 Å². The molecule has 1 N–H and O–H groups in total. The van der Waals surface area contributed by atoms with Crippen LogP contribution in [-0.2, 0) is 18.6 Å². The first-order chi connectivity index (χ1) is 17.1. The van der Waals surface area contributed by atoms with Crippen LogP contribution in [0.3, 0.4) is 0 Å². The van der Waals surface area contributed by atoms with E-state index in [0.29, 0.717) is 24.4 Å². The van der Waals surface area contributed by atoms with E-state index in [0.717, 1.165) is 16.7 Å². The maximum atomic E-state index is 13.2. The van der Waals surface area contributed by atoms with Gasteiger partial charge < -0.3 is 9.72 Å². The van der Waals surface area contributed by atoms with E-state index < -0.39 is 0 Å². The van der Waals surface area contributed by atoms with Crippen LogP contribution in [0, 0.1) is 12.8 Å². The molecule has 8 heteroatoms. The first-order valence-electron chi connectivity index (χ1n) is 12.3. The fourth-order valence-electron chi connectivity index (χ4n) is 4.61. The van der Waals surface area contributed by atoms with Crippen molar-refractivity contribution < 1.29 is 4.74 Å². The maximum absolute atomic E-state index is 13.2. The largest absolute Gasteiger partial charge is 0.497 e. The normalized spacial score (nSPS) is 13.0. The van der Waals surface area contributed by atoms with Gasteiger partial charge in [0.15, 0.2) is 5.82 Å². The number of aromatic amines is 1. The molecule has 4 aromatic rings. The molecule has 0 bridgehead atoms. The molecule has 0 amide bonds. The summed E-state index contributed by atoms with van der Waals surface area (Å²) in [6.07, 6.45) is 0. The quantitative estimate of drug-likeness (QED) is 0.376. The van der Waals surface area contributed by atoms with Crippen molar-refractivity contribution in [2.45, 2.75) is 66.2 Å². The zero-order valence-electron chi connectivity index (χ0n) is 22.2. The second-order valence-electron chi connectivity index (χ2n) is 10.8. The monoisotopic (exact) mass is 488 g/mol. The molecule has 4 rings (SSSR count). The van der Waals surface area contributed by atoms with Gasteiger partial charge in [0, 0.05) is 24.7 Å². The molecule has 2 aromatic carbocycles. The van der Waals surface area contributed by atoms with Gasteiger partial charge in [-0.1, -0.05) is 43.7 Å². The summed E-state index contributed by atoms with van der Waals surface area (Å²) in [5, 5.41) is 13.8. The van der Waals surface area contributed by atoms with E-state index in [-0.39, 0.29) is 23.1 Å². The molecular weight excluding hydrogens is 452 g/mol. The van der Waals surface area contributed by atoms with Crippen LogP contribution in [0.2, 0.25) is 0 Å². The van der Waals surface area contributed by atoms with E-state index in [1.807, 2.05) is 28.9 Å². The maximum Gasteiger partial charge on any atom is 0.252 e. The average Bonchev–Trinajstić information content (AvgIpc) is 3.30. The Bertz CT molecular complexity index is 1380. The number of nitrogens with zero attached hydrogens (tertiary/aromatic N) is 5. The van der Waals surface area contributed by atoms with Gasteiger partial charge in [-0.25, -0.2) is 4.68 Å². The highest BCUT2D eigenvalue weighted by Gasteiger charge is 2.33. The number of fused-ring (bicyclic) bond motifs is 1. The van der Waals surface area contributed by atoms with Crippen LogP contribution < -0.4 is 10.3 Å². The molecule has 0 spiro atoms. The zero-order chi connectivity index (χ0) is 26.0. The Kier molecular flexibility index (Phi) is 7.26. The molecule has 0 aliphatic rings. The number of benzene rings is 2. The number of tetrazole rings is 1. The average molecular weight is 489 g/mol. The van der Waals surface area contributed by atoms with Crippen LogP contribution >= 0.6 is 0 Å². The number of aromatic nitrogens is 5. The van der Waals surface area contributed by atoms with E-state index >= 15 is 0 Å². The predicted molar refractivity (Wildman–Crippen MR) is 142 cm³/mol. The van der Waals surface area contributed by atoms with Crippen LogP contribution in [0.15, 0.2) is 53.3 Å². The first-order valence-corrected chi connectivity index (χ1v) is 12.3. The summed E-state index contributed by atoms with van der Waals surface area (Å²) in [6.45, 7) is 13.8. The minimum absolute atomic E-state index is 0.105. The molecule has 190 valence electrons. The van der Waals surface area contributed by atoms with Gasteiger partial charge in [-0.05, 0) is 73.2 Å². The van der Waals surface area contributed by atoms with Crippen molar-refractivity contribution in [3.05, 3.63) is 81.4 Å². The van der Waals surface area contributed by atoms with Crippen LogP contribution in [-0.4, -0.2) is 37.2 Å². The number of hydrogen-bond donors (Lipinski definition) is 1. The number of ether oxygens (including phenoxy) is 1. The number of rotatable bonds is 8. The summed E-state index contributed by atoms with van der Waals surface area (Å²) in [4.78, 5) is 18.6. The fourth-order valence-corrected chi connectivity index (χ4v) is 4.61. The molecule has 0 saturated heterocycles. The van der Waals surface area contributed by atoms with E-state index in [9.17, 15) is 4.79 Å². The Morgan fingerprint density at radius 2 is 1.78 bits per heavy atom. The fraction of sp³-hybridized carbons (Fsp3) is 0.429. The van der Waals surface area contributed by atoms with Crippen molar-refractivity contribution >= 4 is 10.9 Å². The molecule has 2 heterocycles. The third-order valence-electron chi connectivity index (χ3n) is 6.43. The molecule has 0 aliphatic carbocycles. The van der Waals surface area contributed by atoms with Crippen LogP contribution in [0.5, 0.6) is 5.75 Å². The minimum atomic E-state index is -0.277. The number of aryl methyl sites for hydroxylation is 1. The van der Waals surface area contributed by atoms with Gasteiger partial charge in [-0.2, -0.15) is 0 Å². The number of H-pyrrole nitrogens is 1. The molecule has 0 fully saturated rings. The lowest BCUT2D eigenvalue weighted by Crippen LogP contribution is -2.37. The summed E-state index contributed by atoms with van der Waals surface area (Å²) in [5.74, 6) is 1.71. The third-order valence-corrected chi connectivity index (χ3v) is 6.43. The Labute approximate surface area is 212 Å². The van der Waals surface area contributed by atoms with Gasteiger partial charge in [-0.3, -0.25) is 9.69 Å². The Morgan fingerprint density at radius 3 is 2.42 bits per heavy atom. The number of methoxy groups -OCH3 is 1. The number of hydrogen-bond acceptors (Lipinski definition) is 6. The van der Waals surface area contributed by atoms with Gasteiger partial charge >= 0.3 is 0 Å². The molecule has 0 radical (unpaired) electrons. The summed E-state index contributed by atoms with van der Waals surface area (Å²) < 4.78 is 7.22. The second-order valence-corrected chi connectivity index (χ2v) is 10.8. The van der Waals surface area contributed by atoms with Crippen molar-refractivity contribution in [1.82, 2.24) is 30.1 Å². The van der Waals surface area contributed by atoms with Crippen molar-refractivity contribution in [3.8, 4) is 5.75 Å². The lowest BCUT2D eigenvalue weighted by molar-refractivity contribution is 0.119. The Hall–Kier alpha value is -3.52. The minimum Gasteiger partial charge on any atom is -0.497 e. The van der Waals surface area contributed by atoms with Gasteiger partial charge in [0.1, 0.15) is 5.75 Å². The highest BCUT2D eigenvalue weighted by molar-refractivity contribution is 5.80. The lowest BCUT2D eigenvalue weighted by Gasteiger charge is -2.35. The van der Waals surface area contributed by atoms with E-state index in [1.165, 1.54) is 11.1 Å². The first kappa shape index (κ1) is 25.6. The van der Waals surface area contributed by atoms with E-state index in [4.69, 9.17) is 4.74 Å². The summed E-state index contributed by atoms with van der Waals surface area (Å²) in [7, 11) is 1.62. The second kappa shape index (κ2) is 10.2. The third kappa shape index (κ3) is 5.49. The van der Waals surface area contributed by atoms with Crippen LogP contribution in [0.1, 0.15) is 63.2 Å². The molecular formula is C28H36N6O2. The van der Waals surface area contributed by atoms with Crippen molar-refractivity contribution in [2.75, 3.05) is 7.11 Å². The number of nitrogens with one attached hydrogen (secondary N) is 1. The standard InChI is InChI=1S/C28H36N6O2/c1-18(2)25(26-30-31-32-34(26)28(4,5)6)33(16-20-10-8-19(3)9-11-20)17-22-14-21-12-13-23(36-7)15-24(21)29-27(22)35/h8-15,18,25H,16-17H2,1-7H3,(H,29,35). The molecule has 1 unspecified atom stereocenters. The number of pyridine rings is 1. The van der Waals surface area contributed by atoms with E-state index in [1.54, 1.807) is 7.11 Å². The topological polar surface area (TPSA) is 88.9 Å². The van der Waals surface area contributed by atoms with Gasteiger partial charge in [0.05, 0.1) is 24.2 Å². The molecule has 2 aromatic heterocycles. The highest BCUT2D eigenvalue weighted by Crippen LogP contribution is 2.32. The van der Waals surface area contributed by atoms with Crippen LogP contribution in [0.4, 0.5) is 0 Å². The Balaban J connectivity index is 1.79.